The molecule has 86 valence electrons. The zero-order valence-corrected chi connectivity index (χ0v) is 10.00. The summed E-state index contributed by atoms with van der Waals surface area (Å²) < 4.78 is 0. The summed E-state index contributed by atoms with van der Waals surface area (Å²) in [6, 6.07) is 10.3. The van der Waals surface area contributed by atoms with Crippen molar-refractivity contribution in [1.82, 2.24) is 0 Å². The minimum atomic E-state index is 0.497. The van der Waals surface area contributed by atoms with Crippen molar-refractivity contribution < 1.29 is 0 Å². The highest BCUT2D eigenvalue weighted by molar-refractivity contribution is 5.44. The summed E-state index contributed by atoms with van der Waals surface area (Å²) >= 11 is 0. The molecule has 0 aliphatic rings. The summed E-state index contributed by atoms with van der Waals surface area (Å²) in [5, 5.41) is 11.9. The van der Waals surface area contributed by atoms with E-state index >= 15 is 0 Å². The summed E-state index contributed by atoms with van der Waals surface area (Å²) in [6.45, 7) is 3.26. The quantitative estimate of drug-likeness (QED) is 0.705. The fraction of sp³-hybridized carbons (Fsp3) is 0.500. The maximum absolute atomic E-state index is 8.55. The number of nitrogens with zero attached hydrogens (tertiary/aromatic N) is 1. The molecule has 0 spiro atoms. The van der Waals surface area contributed by atoms with Crippen molar-refractivity contribution >= 4 is 5.69 Å². The monoisotopic (exact) mass is 216 g/mol. The van der Waals surface area contributed by atoms with Crippen LogP contribution in [0.1, 0.15) is 38.2 Å². The molecule has 0 saturated carbocycles. The molecule has 0 aromatic heterocycles. The van der Waals surface area contributed by atoms with Crippen LogP contribution >= 0.6 is 0 Å². The van der Waals surface area contributed by atoms with Gasteiger partial charge in [0, 0.05) is 12.2 Å². The number of nitrogens with one attached hydrogen (secondary N) is 1. The van der Waals surface area contributed by atoms with E-state index in [0.29, 0.717) is 6.42 Å². The van der Waals surface area contributed by atoms with E-state index in [1.807, 2.05) is 24.3 Å². The molecule has 16 heavy (non-hydrogen) atoms. The summed E-state index contributed by atoms with van der Waals surface area (Å²) in [6.07, 6.45) is 5.63. The van der Waals surface area contributed by atoms with Gasteiger partial charge in [-0.25, -0.2) is 0 Å². The van der Waals surface area contributed by atoms with Gasteiger partial charge in [-0.05, 0) is 24.1 Å². The number of nitriles is 1. The first kappa shape index (κ1) is 12.6. The molecule has 0 heterocycles. The molecular formula is C14H20N2. The van der Waals surface area contributed by atoms with Gasteiger partial charge < -0.3 is 5.32 Å². The van der Waals surface area contributed by atoms with Gasteiger partial charge in [0.05, 0.1) is 12.5 Å². The van der Waals surface area contributed by atoms with E-state index in [2.05, 4.69) is 18.3 Å². The van der Waals surface area contributed by atoms with E-state index in [0.717, 1.165) is 17.8 Å². The first-order chi connectivity index (χ1) is 7.86. The van der Waals surface area contributed by atoms with Crippen molar-refractivity contribution in [2.24, 2.45) is 0 Å². The molecular weight excluding hydrogens is 196 g/mol. The van der Waals surface area contributed by atoms with Crippen LogP contribution in [0.4, 0.5) is 5.69 Å². The standard InChI is InChI=1S/C14H20N2/c1-2-3-4-5-12-16-14-8-6-13(7-9-14)10-11-15/h6-9,16H,2-5,10,12H2,1H3. The highest BCUT2D eigenvalue weighted by atomic mass is 14.9. The van der Waals surface area contributed by atoms with Crippen molar-refractivity contribution in [3.05, 3.63) is 29.8 Å². The number of anilines is 1. The largest absolute Gasteiger partial charge is 0.385 e. The zero-order chi connectivity index (χ0) is 11.6. The van der Waals surface area contributed by atoms with Crippen LogP contribution < -0.4 is 5.32 Å². The topological polar surface area (TPSA) is 35.8 Å². The number of unbranched alkanes of at least 4 members (excludes halogenated alkanes) is 3. The molecule has 0 aliphatic carbocycles. The minimum Gasteiger partial charge on any atom is -0.385 e. The highest BCUT2D eigenvalue weighted by Gasteiger charge is 1.93. The minimum absolute atomic E-state index is 0.497. The average molecular weight is 216 g/mol. The second-order valence-electron chi connectivity index (χ2n) is 4.02. The van der Waals surface area contributed by atoms with Gasteiger partial charge in [0.1, 0.15) is 0 Å². The van der Waals surface area contributed by atoms with Crippen molar-refractivity contribution in [3.8, 4) is 6.07 Å². The van der Waals surface area contributed by atoms with E-state index in [1.54, 1.807) is 0 Å². The van der Waals surface area contributed by atoms with Crippen LogP contribution in [0.3, 0.4) is 0 Å². The second kappa shape index (κ2) is 7.76. The predicted octanol–water partition coefficient (Wildman–Crippen LogP) is 3.74. The molecule has 0 atom stereocenters. The predicted molar refractivity (Wildman–Crippen MR) is 68.4 cm³/mol. The summed E-state index contributed by atoms with van der Waals surface area (Å²) in [4.78, 5) is 0. The van der Waals surface area contributed by atoms with E-state index in [-0.39, 0.29) is 0 Å². The van der Waals surface area contributed by atoms with Crippen molar-refractivity contribution in [1.29, 1.82) is 5.26 Å². The third kappa shape index (κ3) is 4.84. The second-order valence-corrected chi connectivity index (χ2v) is 4.02. The van der Waals surface area contributed by atoms with Gasteiger partial charge >= 0.3 is 0 Å². The maximum atomic E-state index is 8.55. The molecule has 1 rings (SSSR count). The number of benzene rings is 1. The Balaban J connectivity index is 2.24. The third-order valence-corrected chi connectivity index (χ3v) is 2.60. The lowest BCUT2D eigenvalue weighted by Crippen LogP contribution is -2.01. The maximum Gasteiger partial charge on any atom is 0.0669 e. The Kier molecular flexibility index (Phi) is 6.10. The first-order valence-electron chi connectivity index (χ1n) is 6.06. The Hall–Kier alpha value is -1.49. The molecule has 0 unspecified atom stereocenters. The van der Waals surface area contributed by atoms with Crippen LogP contribution in [0.2, 0.25) is 0 Å². The Morgan fingerprint density at radius 3 is 2.50 bits per heavy atom. The van der Waals surface area contributed by atoms with E-state index < -0.39 is 0 Å². The van der Waals surface area contributed by atoms with Crippen LogP contribution in [0.25, 0.3) is 0 Å². The molecule has 2 heteroatoms. The molecule has 1 aromatic rings. The van der Waals surface area contributed by atoms with Crippen molar-refractivity contribution in [2.75, 3.05) is 11.9 Å². The summed E-state index contributed by atoms with van der Waals surface area (Å²) in [7, 11) is 0. The van der Waals surface area contributed by atoms with Gasteiger partial charge in [0.25, 0.3) is 0 Å². The van der Waals surface area contributed by atoms with Crippen molar-refractivity contribution in [3.63, 3.8) is 0 Å². The number of hydrogen-bond acceptors (Lipinski definition) is 2. The molecule has 1 aromatic carbocycles. The molecule has 0 aliphatic heterocycles. The summed E-state index contributed by atoms with van der Waals surface area (Å²) in [5.74, 6) is 0. The van der Waals surface area contributed by atoms with Gasteiger partial charge in [0.15, 0.2) is 0 Å². The third-order valence-electron chi connectivity index (χ3n) is 2.60. The first-order valence-corrected chi connectivity index (χ1v) is 6.06. The highest BCUT2D eigenvalue weighted by Crippen LogP contribution is 2.10. The number of rotatable bonds is 7. The van der Waals surface area contributed by atoms with E-state index in [1.165, 1.54) is 25.7 Å². The van der Waals surface area contributed by atoms with Gasteiger partial charge in [-0.2, -0.15) is 5.26 Å². The van der Waals surface area contributed by atoms with Crippen LogP contribution in [0.15, 0.2) is 24.3 Å². The fourth-order valence-electron chi connectivity index (χ4n) is 1.62. The van der Waals surface area contributed by atoms with Gasteiger partial charge in [-0.15, -0.1) is 0 Å². The lowest BCUT2D eigenvalue weighted by Gasteiger charge is -2.06. The molecule has 1 N–H and O–H groups in total. The molecule has 0 saturated heterocycles. The fourth-order valence-corrected chi connectivity index (χ4v) is 1.62. The molecule has 0 bridgehead atoms. The lowest BCUT2D eigenvalue weighted by atomic mass is 10.1. The van der Waals surface area contributed by atoms with Crippen LogP contribution in [0.5, 0.6) is 0 Å². The Morgan fingerprint density at radius 2 is 1.88 bits per heavy atom. The molecule has 0 fully saturated rings. The van der Waals surface area contributed by atoms with Gasteiger partial charge in [0.2, 0.25) is 0 Å². The number of hydrogen-bond donors (Lipinski definition) is 1. The summed E-state index contributed by atoms with van der Waals surface area (Å²) in [5.41, 5.74) is 2.23. The average Bonchev–Trinajstić information content (AvgIpc) is 2.31. The van der Waals surface area contributed by atoms with Gasteiger partial charge in [-0.3, -0.25) is 0 Å². The Bertz CT molecular complexity index is 322. The molecule has 2 nitrogen and oxygen atoms in total. The Labute approximate surface area is 98.3 Å². The van der Waals surface area contributed by atoms with E-state index in [4.69, 9.17) is 5.26 Å². The van der Waals surface area contributed by atoms with Gasteiger partial charge in [-0.1, -0.05) is 38.3 Å². The SMILES string of the molecule is CCCCCCNc1ccc(CC#N)cc1. The van der Waals surface area contributed by atoms with Crippen LogP contribution in [-0.2, 0) is 6.42 Å². The molecule has 0 radical (unpaired) electrons. The van der Waals surface area contributed by atoms with Crippen LogP contribution in [0, 0.1) is 11.3 Å². The normalized spacial score (nSPS) is 9.75. The van der Waals surface area contributed by atoms with Crippen molar-refractivity contribution in [2.45, 2.75) is 39.0 Å². The molecule has 0 amide bonds. The van der Waals surface area contributed by atoms with Crippen LogP contribution in [-0.4, -0.2) is 6.54 Å². The van der Waals surface area contributed by atoms with E-state index in [9.17, 15) is 0 Å². The Morgan fingerprint density at radius 1 is 1.12 bits per heavy atom. The lowest BCUT2D eigenvalue weighted by molar-refractivity contribution is 0.685. The zero-order valence-electron chi connectivity index (χ0n) is 10.00. The smallest absolute Gasteiger partial charge is 0.0669 e.